The van der Waals surface area contributed by atoms with E-state index in [1.54, 1.807) is 7.11 Å². The van der Waals surface area contributed by atoms with E-state index in [9.17, 15) is 4.39 Å². The van der Waals surface area contributed by atoms with Crippen molar-refractivity contribution in [2.24, 2.45) is 0 Å². The Kier molecular flexibility index (Phi) is 6.97. The summed E-state index contributed by atoms with van der Waals surface area (Å²) in [4.78, 5) is 8.28. The SMILES string of the molecule is COCCOc1ccc(Nc2ncc(F)c(Nc3cccc(C(C)C)c3)n2)cc1. The van der Waals surface area contributed by atoms with Crippen LogP contribution in [0.3, 0.4) is 0 Å². The molecule has 7 heteroatoms. The Labute approximate surface area is 170 Å². The number of hydrogen-bond donors (Lipinski definition) is 2. The molecule has 0 aliphatic carbocycles. The molecule has 29 heavy (non-hydrogen) atoms. The lowest BCUT2D eigenvalue weighted by Crippen LogP contribution is -2.05. The normalized spacial score (nSPS) is 10.8. The van der Waals surface area contributed by atoms with Crippen LogP contribution in [0.4, 0.5) is 27.5 Å². The number of nitrogens with one attached hydrogen (secondary N) is 2. The lowest BCUT2D eigenvalue weighted by atomic mass is 10.0. The van der Waals surface area contributed by atoms with E-state index in [0.717, 1.165) is 28.9 Å². The second kappa shape index (κ2) is 9.84. The molecule has 2 N–H and O–H groups in total. The number of halogens is 1. The third kappa shape index (κ3) is 5.89. The highest BCUT2D eigenvalue weighted by Gasteiger charge is 2.09. The lowest BCUT2D eigenvalue weighted by molar-refractivity contribution is 0.146. The van der Waals surface area contributed by atoms with E-state index in [4.69, 9.17) is 9.47 Å². The summed E-state index contributed by atoms with van der Waals surface area (Å²) in [5.41, 5.74) is 2.70. The number of hydrogen-bond acceptors (Lipinski definition) is 6. The Morgan fingerprint density at radius 3 is 2.52 bits per heavy atom. The minimum atomic E-state index is -0.521. The fourth-order valence-corrected chi connectivity index (χ4v) is 2.63. The van der Waals surface area contributed by atoms with Crippen LogP contribution in [0.1, 0.15) is 25.3 Å². The van der Waals surface area contributed by atoms with Gasteiger partial charge in [-0.1, -0.05) is 26.0 Å². The summed E-state index contributed by atoms with van der Waals surface area (Å²) < 4.78 is 24.7. The van der Waals surface area contributed by atoms with Crippen LogP contribution in [0, 0.1) is 5.82 Å². The van der Waals surface area contributed by atoms with Crippen molar-refractivity contribution >= 4 is 23.1 Å². The van der Waals surface area contributed by atoms with Gasteiger partial charge in [-0.2, -0.15) is 4.98 Å². The summed E-state index contributed by atoms with van der Waals surface area (Å²) in [6.07, 6.45) is 1.15. The summed E-state index contributed by atoms with van der Waals surface area (Å²) >= 11 is 0. The van der Waals surface area contributed by atoms with Crippen molar-refractivity contribution in [3.05, 3.63) is 66.1 Å². The quantitative estimate of drug-likeness (QED) is 0.482. The predicted octanol–water partition coefficient (Wildman–Crippen LogP) is 5.25. The van der Waals surface area contributed by atoms with Gasteiger partial charge in [-0.05, 0) is 47.9 Å². The van der Waals surface area contributed by atoms with Gasteiger partial charge in [-0.3, -0.25) is 0 Å². The first-order valence-corrected chi connectivity index (χ1v) is 9.43. The van der Waals surface area contributed by atoms with Crippen LogP contribution >= 0.6 is 0 Å². The summed E-state index contributed by atoms with van der Waals surface area (Å²) in [5, 5.41) is 6.11. The average molecular weight is 396 g/mol. The first kappa shape index (κ1) is 20.5. The Hall–Kier alpha value is -3.19. The molecule has 0 unspecified atom stereocenters. The molecule has 0 atom stereocenters. The summed E-state index contributed by atoms with van der Waals surface area (Å²) in [7, 11) is 1.63. The van der Waals surface area contributed by atoms with Gasteiger partial charge in [-0.25, -0.2) is 9.37 Å². The molecular weight excluding hydrogens is 371 g/mol. The van der Waals surface area contributed by atoms with E-state index in [0.29, 0.717) is 25.1 Å². The van der Waals surface area contributed by atoms with E-state index in [1.165, 1.54) is 0 Å². The summed E-state index contributed by atoms with van der Waals surface area (Å²) in [6, 6.07) is 15.2. The van der Waals surface area contributed by atoms with Crippen LogP contribution in [-0.4, -0.2) is 30.3 Å². The maximum absolute atomic E-state index is 14.2. The highest BCUT2D eigenvalue weighted by molar-refractivity contribution is 5.61. The van der Waals surface area contributed by atoms with Gasteiger partial charge in [-0.15, -0.1) is 0 Å². The minimum absolute atomic E-state index is 0.114. The molecule has 0 fully saturated rings. The number of methoxy groups -OCH3 is 1. The highest BCUT2D eigenvalue weighted by atomic mass is 19.1. The third-order valence-corrected chi connectivity index (χ3v) is 4.23. The van der Waals surface area contributed by atoms with Gasteiger partial charge in [0.05, 0.1) is 12.8 Å². The first-order chi connectivity index (χ1) is 14.0. The van der Waals surface area contributed by atoms with Gasteiger partial charge >= 0.3 is 0 Å². The van der Waals surface area contributed by atoms with E-state index in [-0.39, 0.29) is 5.82 Å². The van der Waals surface area contributed by atoms with Gasteiger partial charge in [0.2, 0.25) is 5.95 Å². The van der Waals surface area contributed by atoms with Crippen LogP contribution in [-0.2, 0) is 4.74 Å². The molecule has 3 aromatic rings. The van der Waals surface area contributed by atoms with Gasteiger partial charge in [0.25, 0.3) is 0 Å². The number of anilines is 4. The van der Waals surface area contributed by atoms with Gasteiger partial charge in [0.15, 0.2) is 11.6 Å². The van der Waals surface area contributed by atoms with Crippen molar-refractivity contribution in [1.82, 2.24) is 9.97 Å². The van der Waals surface area contributed by atoms with Crippen molar-refractivity contribution in [3.8, 4) is 5.75 Å². The van der Waals surface area contributed by atoms with Crippen LogP contribution in [0.15, 0.2) is 54.7 Å². The minimum Gasteiger partial charge on any atom is -0.491 e. The number of aromatic nitrogens is 2. The molecule has 0 saturated carbocycles. The second-order valence-electron chi connectivity index (χ2n) is 6.79. The van der Waals surface area contributed by atoms with Crippen LogP contribution < -0.4 is 15.4 Å². The van der Waals surface area contributed by atoms with Gasteiger partial charge in [0, 0.05) is 18.5 Å². The first-order valence-electron chi connectivity index (χ1n) is 9.43. The summed E-state index contributed by atoms with van der Waals surface area (Å²) in [6.45, 7) is 5.23. The van der Waals surface area contributed by atoms with Gasteiger partial charge < -0.3 is 20.1 Å². The molecule has 2 aromatic carbocycles. The van der Waals surface area contributed by atoms with E-state index in [1.807, 2.05) is 48.5 Å². The number of rotatable bonds is 9. The number of nitrogens with zero attached hydrogens (tertiary/aromatic N) is 2. The maximum atomic E-state index is 14.2. The predicted molar refractivity (Wildman–Crippen MR) is 113 cm³/mol. The van der Waals surface area contributed by atoms with Crippen molar-refractivity contribution in [2.45, 2.75) is 19.8 Å². The number of ether oxygens (including phenoxy) is 2. The number of benzene rings is 2. The van der Waals surface area contributed by atoms with Crippen LogP contribution in [0.25, 0.3) is 0 Å². The molecule has 3 rings (SSSR count). The molecule has 0 saturated heterocycles. The molecule has 6 nitrogen and oxygen atoms in total. The largest absolute Gasteiger partial charge is 0.491 e. The molecule has 0 radical (unpaired) electrons. The molecule has 0 aliphatic rings. The molecule has 152 valence electrons. The molecule has 0 amide bonds. The Bertz CT molecular complexity index is 932. The standard InChI is InChI=1S/C22H25FN4O2/c1-15(2)16-5-4-6-18(13-16)25-21-20(23)14-24-22(27-21)26-17-7-9-19(10-8-17)29-12-11-28-3/h4-10,13-15H,11-12H2,1-3H3,(H2,24,25,26,27). The fourth-order valence-electron chi connectivity index (χ4n) is 2.63. The molecule has 1 heterocycles. The Morgan fingerprint density at radius 2 is 1.79 bits per heavy atom. The average Bonchev–Trinajstić information content (AvgIpc) is 2.72. The Morgan fingerprint density at radius 1 is 1.00 bits per heavy atom. The monoisotopic (exact) mass is 396 g/mol. The molecule has 0 spiro atoms. The zero-order valence-corrected chi connectivity index (χ0v) is 16.8. The van der Waals surface area contributed by atoms with Crippen LogP contribution in [0.2, 0.25) is 0 Å². The zero-order valence-electron chi connectivity index (χ0n) is 16.8. The zero-order chi connectivity index (χ0) is 20.6. The molecular formula is C22H25FN4O2. The Balaban J connectivity index is 1.69. The highest BCUT2D eigenvalue weighted by Crippen LogP contribution is 2.24. The summed E-state index contributed by atoms with van der Waals surface area (Å²) in [5.74, 6) is 1.00. The van der Waals surface area contributed by atoms with Crippen molar-refractivity contribution in [1.29, 1.82) is 0 Å². The van der Waals surface area contributed by atoms with Gasteiger partial charge in [0.1, 0.15) is 12.4 Å². The maximum Gasteiger partial charge on any atom is 0.229 e. The molecule has 0 bridgehead atoms. The van der Waals surface area contributed by atoms with E-state index >= 15 is 0 Å². The third-order valence-electron chi connectivity index (χ3n) is 4.23. The van der Waals surface area contributed by atoms with E-state index < -0.39 is 5.82 Å². The topological polar surface area (TPSA) is 68.3 Å². The van der Waals surface area contributed by atoms with Crippen molar-refractivity contribution in [3.63, 3.8) is 0 Å². The lowest BCUT2D eigenvalue weighted by Gasteiger charge is -2.12. The van der Waals surface area contributed by atoms with Crippen molar-refractivity contribution < 1.29 is 13.9 Å². The molecule has 0 aliphatic heterocycles. The fraction of sp³-hybridized carbons (Fsp3) is 0.273. The smallest absolute Gasteiger partial charge is 0.229 e. The molecule has 1 aromatic heterocycles. The van der Waals surface area contributed by atoms with E-state index in [2.05, 4.69) is 34.4 Å². The van der Waals surface area contributed by atoms with Crippen molar-refractivity contribution in [2.75, 3.05) is 31.0 Å². The van der Waals surface area contributed by atoms with Crippen LogP contribution in [0.5, 0.6) is 5.75 Å². The second-order valence-corrected chi connectivity index (χ2v) is 6.79.